The second-order valence-electron chi connectivity index (χ2n) is 3.96. The molecule has 0 heterocycles. The van der Waals surface area contributed by atoms with Gasteiger partial charge in [0.2, 0.25) is 0 Å². The zero-order chi connectivity index (χ0) is 11.6. The lowest BCUT2D eigenvalue weighted by molar-refractivity contribution is 0.627. The molecule has 1 N–H and O–H groups in total. The van der Waals surface area contributed by atoms with Crippen molar-refractivity contribution in [2.75, 3.05) is 6.54 Å². The number of nitrogens with one attached hydrogen (secondary N) is 1. The van der Waals surface area contributed by atoms with E-state index in [2.05, 4.69) is 42.4 Å². The van der Waals surface area contributed by atoms with E-state index in [-0.39, 0.29) is 0 Å². The molecular formula is C15H21N. The molecule has 0 aliphatic carbocycles. The van der Waals surface area contributed by atoms with Crippen molar-refractivity contribution in [2.24, 2.45) is 0 Å². The summed E-state index contributed by atoms with van der Waals surface area (Å²) in [6.45, 7) is 4.23. The summed E-state index contributed by atoms with van der Waals surface area (Å²) in [5.41, 5.74) is 2.86. The first-order valence-corrected chi connectivity index (χ1v) is 6.09. The fourth-order valence-electron chi connectivity index (χ4n) is 1.77. The average molecular weight is 215 g/mol. The van der Waals surface area contributed by atoms with E-state index in [1.165, 1.54) is 17.5 Å². The van der Waals surface area contributed by atoms with Crippen molar-refractivity contribution in [3.05, 3.63) is 35.4 Å². The summed E-state index contributed by atoms with van der Waals surface area (Å²) in [5, 5.41) is 3.47. The van der Waals surface area contributed by atoms with Crippen molar-refractivity contribution in [1.29, 1.82) is 0 Å². The quantitative estimate of drug-likeness (QED) is 0.544. The smallest absolute Gasteiger partial charge is 0.0208 e. The number of hydrogen-bond donors (Lipinski definition) is 1. The fraction of sp³-hybridized carbons (Fsp3) is 0.467. The van der Waals surface area contributed by atoms with Crippen molar-refractivity contribution in [3.63, 3.8) is 0 Å². The highest BCUT2D eigenvalue weighted by atomic mass is 14.8. The van der Waals surface area contributed by atoms with Gasteiger partial charge in [-0.15, -0.1) is 12.3 Å². The minimum atomic E-state index is 0.896. The Morgan fingerprint density at radius 3 is 2.62 bits per heavy atom. The van der Waals surface area contributed by atoms with Crippen molar-refractivity contribution in [3.8, 4) is 12.3 Å². The van der Waals surface area contributed by atoms with Gasteiger partial charge >= 0.3 is 0 Å². The molecule has 1 aromatic rings. The third-order valence-electron chi connectivity index (χ3n) is 2.74. The summed E-state index contributed by atoms with van der Waals surface area (Å²) in [7, 11) is 0. The molecule has 0 aromatic heterocycles. The third kappa shape index (κ3) is 4.51. The van der Waals surface area contributed by atoms with Crippen LogP contribution in [0, 0.1) is 12.3 Å². The maximum Gasteiger partial charge on any atom is 0.0208 e. The second kappa shape index (κ2) is 7.96. The molecule has 0 saturated carbocycles. The van der Waals surface area contributed by atoms with Crippen LogP contribution in [0.1, 0.15) is 37.3 Å². The van der Waals surface area contributed by atoms with Crippen LogP contribution in [0.15, 0.2) is 24.3 Å². The number of benzene rings is 1. The Bertz CT molecular complexity index is 336. The van der Waals surface area contributed by atoms with Gasteiger partial charge in [0.1, 0.15) is 0 Å². The molecule has 0 fully saturated rings. The lowest BCUT2D eigenvalue weighted by Gasteiger charge is -2.08. The van der Waals surface area contributed by atoms with Gasteiger partial charge in [-0.05, 0) is 36.9 Å². The Labute approximate surface area is 99.3 Å². The van der Waals surface area contributed by atoms with Crippen LogP contribution in [-0.4, -0.2) is 6.54 Å². The van der Waals surface area contributed by atoms with E-state index in [1.807, 2.05) is 0 Å². The Hall–Kier alpha value is -1.26. The summed E-state index contributed by atoms with van der Waals surface area (Å²) < 4.78 is 0. The minimum Gasteiger partial charge on any atom is -0.313 e. The predicted octanol–water partition coefficient (Wildman–Crippen LogP) is 3.14. The zero-order valence-corrected chi connectivity index (χ0v) is 10.1. The van der Waals surface area contributed by atoms with Gasteiger partial charge in [-0.2, -0.15) is 0 Å². The van der Waals surface area contributed by atoms with E-state index in [0.717, 1.165) is 32.4 Å². The molecule has 0 atom stereocenters. The number of hydrogen-bond acceptors (Lipinski definition) is 1. The number of terminal acetylenes is 1. The van der Waals surface area contributed by atoms with E-state index in [9.17, 15) is 0 Å². The Balaban J connectivity index is 2.24. The van der Waals surface area contributed by atoms with E-state index in [1.54, 1.807) is 0 Å². The summed E-state index contributed by atoms with van der Waals surface area (Å²) in [4.78, 5) is 0. The lowest BCUT2D eigenvalue weighted by Crippen LogP contribution is -2.15. The molecule has 0 saturated heterocycles. The van der Waals surface area contributed by atoms with Gasteiger partial charge in [-0.3, -0.25) is 0 Å². The molecule has 0 unspecified atom stereocenters. The summed E-state index contributed by atoms with van der Waals surface area (Å²) in [6.07, 6.45) is 9.49. The number of rotatable bonds is 7. The third-order valence-corrected chi connectivity index (χ3v) is 2.74. The van der Waals surface area contributed by atoms with E-state index in [4.69, 9.17) is 6.42 Å². The zero-order valence-electron chi connectivity index (χ0n) is 10.1. The first-order chi connectivity index (χ1) is 7.88. The Kier molecular flexibility index (Phi) is 6.37. The van der Waals surface area contributed by atoms with Crippen LogP contribution in [0.4, 0.5) is 0 Å². The largest absolute Gasteiger partial charge is 0.313 e. The molecule has 1 aromatic carbocycles. The van der Waals surface area contributed by atoms with Gasteiger partial charge in [0.15, 0.2) is 0 Å². The summed E-state index contributed by atoms with van der Waals surface area (Å²) >= 11 is 0. The molecule has 0 aliphatic heterocycles. The monoisotopic (exact) mass is 215 g/mol. The average Bonchev–Trinajstić information content (AvgIpc) is 2.34. The molecule has 0 aliphatic rings. The van der Waals surface area contributed by atoms with Crippen LogP contribution in [0.3, 0.4) is 0 Å². The lowest BCUT2D eigenvalue weighted by atomic mass is 10.1. The van der Waals surface area contributed by atoms with Gasteiger partial charge < -0.3 is 5.32 Å². The van der Waals surface area contributed by atoms with Gasteiger partial charge in [0.25, 0.3) is 0 Å². The standard InChI is InChI=1S/C15H21N/c1-3-5-6-9-12-16-13-15-11-8-7-10-14(15)4-2/h1,7-8,10-11,16H,4-6,9,12-13H2,2H3. The molecule has 1 nitrogen and oxygen atoms in total. The second-order valence-corrected chi connectivity index (χ2v) is 3.96. The SMILES string of the molecule is C#CCCCCNCc1ccccc1CC. The first-order valence-electron chi connectivity index (χ1n) is 6.09. The highest BCUT2D eigenvalue weighted by Gasteiger charge is 1.98. The van der Waals surface area contributed by atoms with E-state index < -0.39 is 0 Å². The molecular weight excluding hydrogens is 194 g/mol. The molecule has 0 radical (unpaired) electrons. The fourth-order valence-corrected chi connectivity index (χ4v) is 1.77. The highest BCUT2D eigenvalue weighted by molar-refractivity contribution is 5.26. The van der Waals surface area contributed by atoms with Crippen LogP contribution < -0.4 is 5.32 Å². The topological polar surface area (TPSA) is 12.0 Å². The Morgan fingerprint density at radius 1 is 1.19 bits per heavy atom. The minimum absolute atomic E-state index is 0.896. The molecule has 16 heavy (non-hydrogen) atoms. The van der Waals surface area contributed by atoms with Crippen molar-refractivity contribution in [1.82, 2.24) is 5.32 Å². The molecule has 1 rings (SSSR count). The molecule has 0 bridgehead atoms. The normalized spacial score (nSPS) is 10.0. The van der Waals surface area contributed by atoms with Gasteiger partial charge in [0.05, 0.1) is 0 Å². The van der Waals surface area contributed by atoms with Gasteiger partial charge in [0, 0.05) is 13.0 Å². The van der Waals surface area contributed by atoms with E-state index >= 15 is 0 Å². The predicted molar refractivity (Wildman–Crippen MR) is 70.2 cm³/mol. The van der Waals surface area contributed by atoms with Crippen molar-refractivity contribution >= 4 is 0 Å². The molecule has 0 amide bonds. The van der Waals surface area contributed by atoms with Crippen LogP contribution in [-0.2, 0) is 13.0 Å². The van der Waals surface area contributed by atoms with Crippen LogP contribution in [0.5, 0.6) is 0 Å². The summed E-state index contributed by atoms with van der Waals surface area (Å²) in [6, 6.07) is 8.62. The number of unbranched alkanes of at least 4 members (excludes halogenated alkanes) is 2. The van der Waals surface area contributed by atoms with Crippen LogP contribution in [0.2, 0.25) is 0 Å². The highest BCUT2D eigenvalue weighted by Crippen LogP contribution is 2.08. The van der Waals surface area contributed by atoms with Gasteiger partial charge in [-0.25, -0.2) is 0 Å². The number of aryl methyl sites for hydroxylation is 1. The van der Waals surface area contributed by atoms with Crippen molar-refractivity contribution < 1.29 is 0 Å². The maximum absolute atomic E-state index is 5.20. The molecule has 0 spiro atoms. The van der Waals surface area contributed by atoms with E-state index in [0.29, 0.717) is 0 Å². The van der Waals surface area contributed by atoms with Crippen LogP contribution in [0.25, 0.3) is 0 Å². The molecule has 86 valence electrons. The maximum atomic E-state index is 5.20. The Morgan fingerprint density at radius 2 is 1.94 bits per heavy atom. The summed E-state index contributed by atoms with van der Waals surface area (Å²) in [5.74, 6) is 2.67. The van der Waals surface area contributed by atoms with Crippen molar-refractivity contribution in [2.45, 2.75) is 39.2 Å². The van der Waals surface area contributed by atoms with Crippen LogP contribution >= 0.6 is 0 Å². The molecule has 1 heteroatoms. The van der Waals surface area contributed by atoms with Gasteiger partial charge in [-0.1, -0.05) is 31.2 Å². The first kappa shape index (κ1) is 12.8.